The van der Waals surface area contributed by atoms with Gasteiger partial charge < -0.3 is 9.47 Å². The van der Waals surface area contributed by atoms with Gasteiger partial charge in [-0.25, -0.2) is 0 Å². The van der Waals surface area contributed by atoms with Gasteiger partial charge in [0.1, 0.15) is 11.5 Å². The zero-order valence-electron chi connectivity index (χ0n) is 17.3. The Morgan fingerprint density at radius 3 is 2.29 bits per heavy atom. The number of hydrogen-bond donors (Lipinski definition) is 0. The van der Waals surface area contributed by atoms with Crippen LogP contribution in [0.3, 0.4) is 0 Å². The van der Waals surface area contributed by atoms with Gasteiger partial charge in [0.15, 0.2) is 0 Å². The van der Waals surface area contributed by atoms with Crippen LogP contribution in [0.1, 0.15) is 71.6 Å². The Balaban J connectivity index is 1.97. The highest BCUT2D eigenvalue weighted by Crippen LogP contribution is 2.39. The average Bonchev–Trinajstić information content (AvgIpc) is 2.71. The van der Waals surface area contributed by atoms with Crippen LogP contribution in [0.15, 0.2) is 30.3 Å². The first-order chi connectivity index (χ1) is 13.7. The van der Waals surface area contributed by atoms with Gasteiger partial charge in [-0.05, 0) is 32.1 Å². The van der Waals surface area contributed by atoms with Crippen molar-refractivity contribution in [3.05, 3.63) is 35.4 Å². The number of benzene rings is 2. The monoisotopic (exact) mass is 424 g/mol. The summed E-state index contributed by atoms with van der Waals surface area (Å²) < 4.78 is 12.1. The molecule has 0 aliphatic heterocycles. The fourth-order valence-corrected chi connectivity index (χ4v) is 3.69. The summed E-state index contributed by atoms with van der Waals surface area (Å²) in [7, 11) is 0. The van der Waals surface area contributed by atoms with Gasteiger partial charge >= 0.3 is 0 Å². The van der Waals surface area contributed by atoms with Crippen LogP contribution in [0.2, 0.25) is 5.02 Å². The predicted molar refractivity (Wildman–Crippen MR) is 122 cm³/mol. The van der Waals surface area contributed by atoms with Crippen LogP contribution in [0.4, 0.5) is 0 Å². The molecule has 0 saturated carbocycles. The van der Waals surface area contributed by atoms with Gasteiger partial charge in [-0.2, -0.15) is 0 Å². The zero-order chi connectivity index (χ0) is 20.2. The van der Waals surface area contributed by atoms with Gasteiger partial charge in [0.05, 0.1) is 18.2 Å². The fourth-order valence-electron chi connectivity index (χ4n) is 3.28. The molecule has 2 nitrogen and oxygen atoms in total. The lowest BCUT2D eigenvalue weighted by Crippen LogP contribution is -2.02. The summed E-state index contributed by atoms with van der Waals surface area (Å²) in [6, 6.07) is 10.1. The molecule has 0 bridgehead atoms. The Morgan fingerprint density at radius 2 is 1.54 bits per heavy atom. The SMILES string of the molecule is CCCCCCCOc1c(Cl)cc(OCCCCC(Cl)CC)c2ccccc12. The number of rotatable bonds is 14. The number of unbranched alkanes of at least 4 members (excludes halogenated alkanes) is 5. The number of fused-ring (bicyclic) bond motifs is 1. The maximum absolute atomic E-state index is 6.55. The Labute approximate surface area is 180 Å². The van der Waals surface area contributed by atoms with E-state index in [9.17, 15) is 0 Å². The molecule has 0 saturated heterocycles. The molecule has 0 spiro atoms. The van der Waals surface area contributed by atoms with E-state index in [1.807, 2.05) is 18.2 Å². The molecule has 28 heavy (non-hydrogen) atoms. The average molecular weight is 425 g/mol. The van der Waals surface area contributed by atoms with Crippen LogP contribution >= 0.6 is 23.2 Å². The van der Waals surface area contributed by atoms with Crippen molar-refractivity contribution in [2.75, 3.05) is 13.2 Å². The van der Waals surface area contributed by atoms with Gasteiger partial charge in [0, 0.05) is 22.2 Å². The molecule has 0 radical (unpaired) electrons. The van der Waals surface area contributed by atoms with E-state index >= 15 is 0 Å². The van der Waals surface area contributed by atoms with Crippen molar-refractivity contribution in [1.82, 2.24) is 0 Å². The Morgan fingerprint density at radius 1 is 0.857 bits per heavy atom. The molecule has 0 amide bonds. The molecule has 0 aliphatic carbocycles. The van der Waals surface area contributed by atoms with E-state index in [4.69, 9.17) is 32.7 Å². The number of ether oxygens (including phenoxy) is 2. The maximum Gasteiger partial charge on any atom is 0.145 e. The third kappa shape index (κ3) is 7.37. The van der Waals surface area contributed by atoms with Crippen molar-refractivity contribution in [3.8, 4) is 11.5 Å². The third-order valence-corrected chi connectivity index (χ3v) is 5.83. The van der Waals surface area contributed by atoms with E-state index in [-0.39, 0.29) is 5.38 Å². The summed E-state index contributed by atoms with van der Waals surface area (Å²) in [6.45, 7) is 5.72. The standard InChI is InChI=1S/C24H34Cl2O2/c1-3-5-6-7-11-17-28-24-21-15-9-8-14-20(21)23(18-22(24)26)27-16-12-10-13-19(25)4-2/h8-9,14-15,18-19H,3-7,10-13,16-17H2,1-2H3. The first-order valence-electron chi connectivity index (χ1n) is 10.8. The van der Waals surface area contributed by atoms with Gasteiger partial charge in [-0.1, -0.05) is 75.4 Å². The summed E-state index contributed by atoms with van der Waals surface area (Å²) in [4.78, 5) is 0. The van der Waals surface area contributed by atoms with Crippen LogP contribution in [0.25, 0.3) is 10.8 Å². The van der Waals surface area contributed by atoms with Crippen molar-refractivity contribution in [2.24, 2.45) is 0 Å². The van der Waals surface area contributed by atoms with Crippen molar-refractivity contribution in [3.63, 3.8) is 0 Å². The molecule has 156 valence electrons. The van der Waals surface area contributed by atoms with Crippen molar-refractivity contribution >= 4 is 34.0 Å². The van der Waals surface area contributed by atoms with E-state index in [1.54, 1.807) is 0 Å². The zero-order valence-corrected chi connectivity index (χ0v) is 18.8. The molecular weight excluding hydrogens is 391 g/mol. The Bertz CT molecular complexity index is 702. The van der Waals surface area contributed by atoms with Crippen molar-refractivity contribution in [2.45, 2.75) is 77.0 Å². The summed E-state index contributed by atoms with van der Waals surface area (Å²) in [5.74, 6) is 1.60. The van der Waals surface area contributed by atoms with Gasteiger partial charge in [-0.15, -0.1) is 11.6 Å². The molecule has 0 heterocycles. The molecule has 2 aromatic carbocycles. The minimum absolute atomic E-state index is 0.272. The molecule has 0 aromatic heterocycles. The second-order valence-electron chi connectivity index (χ2n) is 7.34. The minimum atomic E-state index is 0.272. The van der Waals surface area contributed by atoms with Crippen molar-refractivity contribution < 1.29 is 9.47 Å². The van der Waals surface area contributed by atoms with Gasteiger partial charge in [0.25, 0.3) is 0 Å². The lowest BCUT2D eigenvalue weighted by Gasteiger charge is -2.15. The van der Waals surface area contributed by atoms with Crippen LogP contribution < -0.4 is 9.47 Å². The topological polar surface area (TPSA) is 18.5 Å². The van der Waals surface area contributed by atoms with Crippen LogP contribution in [0, 0.1) is 0 Å². The highest BCUT2D eigenvalue weighted by atomic mass is 35.5. The molecule has 1 atom stereocenters. The maximum atomic E-state index is 6.55. The van der Waals surface area contributed by atoms with Crippen molar-refractivity contribution in [1.29, 1.82) is 0 Å². The van der Waals surface area contributed by atoms with E-state index in [0.717, 1.165) is 54.4 Å². The lowest BCUT2D eigenvalue weighted by molar-refractivity contribution is 0.302. The normalized spacial score (nSPS) is 12.3. The third-order valence-electron chi connectivity index (χ3n) is 5.02. The first kappa shape index (κ1) is 23.2. The van der Waals surface area contributed by atoms with E-state index in [0.29, 0.717) is 18.2 Å². The number of halogens is 2. The molecule has 0 fully saturated rings. The highest BCUT2D eigenvalue weighted by Gasteiger charge is 2.13. The molecule has 0 aliphatic rings. The highest BCUT2D eigenvalue weighted by molar-refractivity contribution is 6.33. The van der Waals surface area contributed by atoms with Crippen LogP contribution in [0.5, 0.6) is 11.5 Å². The van der Waals surface area contributed by atoms with Crippen LogP contribution in [-0.4, -0.2) is 18.6 Å². The predicted octanol–water partition coefficient (Wildman–Crippen LogP) is 8.41. The minimum Gasteiger partial charge on any atom is -0.493 e. The number of alkyl halides is 1. The Kier molecular flexibility index (Phi) is 10.9. The molecule has 2 rings (SSSR count). The smallest absolute Gasteiger partial charge is 0.145 e. The summed E-state index contributed by atoms with van der Waals surface area (Å²) in [5.41, 5.74) is 0. The molecule has 1 unspecified atom stereocenters. The molecular formula is C24H34Cl2O2. The molecule has 2 aromatic rings. The first-order valence-corrected chi connectivity index (χ1v) is 11.6. The van der Waals surface area contributed by atoms with Gasteiger partial charge in [0.2, 0.25) is 0 Å². The Hall–Kier alpha value is -1.12. The second-order valence-corrected chi connectivity index (χ2v) is 8.37. The quantitative estimate of drug-likeness (QED) is 0.223. The van der Waals surface area contributed by atoms with Crippen LogP contribution in [-0.2, 0) is 0 Å². The summed E-state index contributed by atoms with van der Waals surface area (Å²) in [6.07, 6.45) is 10.2. The van der Waals surface area contributed by atoms with Gasteiger partial charge in [-0.3, -0.25) is 0 Å². The van der Waals surface area contributed by atoms with E-state index in [1.165, 1.54) is 25.7 Å². The second kappa shape index (κ2) is 13.2. The van der Waals surface area contributed by atoms with E-state index < -0.39 is 0 Å². The summed E-state index contributed by atoms with van der Waals surface area (Å²) >= 11 is 12.7. The summed E-state index contributed by atoms with van der Waals surface area (Å²) in [5, 5.41) is 2.96. The molecule has 0 N–H and O–H groups in total. The van der Waals surface area contributed by atoms with E-state index in [2.05, 4.69) is 26.0 Å². The molecule has 4 heteroatoms. The largest absolute Gasteiger partial charge is 0.493 e. The number of hydrogen-bond acceptors (Lipinski definition) is 2. The fraction of sp³-hybridized carbons (Fsp3) is 0.583. The lowest BCUT2D eigenvalue weighted by atomic mass is 10.1.